The molecule has 2 rings (SSSR count). The van der Waals surface area contributed by atoms with E-state index in [1.54, 1.807) is 12.3 Å². The Labute approximate surface area is 131 Å². The monoisotopic (exact) mass is 353 g/mol. The van der Waals surface area contributed by atoms with Gasteiger partial charge in [-0.2, -0.15) is 0 Å². The topological polar surface area (TPSA) is 47.0 Å². The molecule has 2 aromatic rings. The smallest absolute Gasteiger partial charge is 0.237 e. The number of hydrogen-bond donors (Lipinski definition) is 1. The van der Waals surface area contributed by atoms with Crippen molar-refractivity contribution >= 4 is 15.9 Å². The Balaban J connectivity index is 1.95. The Morgan fingerprint density at radius 3 is 2.67 bits per heavy atom. The number of nitrogens with zero attached hydrogens (tertiary/aromatic N) is 2. The molecule has 0 fully saturated rings. The van der Waals surface area contributed by atoms with Gasteiger partial charge >= 0.3 is 0 Å². The summed E-state index contributed by atoms with van der Waals surface area (Å²) in [7, 11) is 0. The van der Waals surface area contributed by atoms with Crippen molar-refractivity contribution in [2.45, 2.75) is 20.4 Å². The lowest BCUT2D eigenvalue weighted by molar-refractivity contribution is 0.453. The molecule has 4 nitrogen and oxygen atoms in total. The molecule has 0 atom stereocenters. The number of ether oxygens (including phenoxy) is 1. The average Bonchev–Trinajstić information content (AvgIpc) is 2.39. The zero-order valence-corrected chi connectivity index (χ0v) is 13.5. The van der Waals surface area contributed by atoms with Gasteiger partial charge in [0.15, 0.2) is 0 Å². The van der Waals surface area contributed by atoms with Crippen LogP contribution in [0.3, 0.4) is 0 Å². The molecule has 0 bridgehead atoms. The second-order valence-corrected chi connectivity index (χ2v) is 5.99. The Morgan fingerprint density at radius 1 is 1.24 bits per heavy atom. The molecule has 0 saturated heterocycles. The van der Waals surface area contributed by atoms with Gasteiger partial charge in [-0.3, -0.25) is 4.98 Å². The number of aromatic nitrogens is 2. The zero-order chi connectivity index (χ0) is 15.2. The summed E-state index contributed by atoms with van der Waals surface area (Å²) in [6.45, 7) is 5.88. The van der Waals surface area contributed by atoms with E-state index in [1.807, 2.05) is 0 Å². The highest BCUT2D eigenvalue weighted by Crippen LogP contribution is 2.24. The second kappa shape index (κ2) is 7.47. The summed E-state index contributed by atoms with van der Waals surface area (Å²) in [5.74, 6) is 0.927. The van der Waals surface area contributed by atoms with E-state index in [0.29, 0.717) is 28.6 Å². The van der Waals surface area contributed by atoms with Crippen molar-refractivity contribution < 1.29 is 9.13 Å². The van der Waals surface area contributed by atoms with Crippen LogP contribution in [0.2, 0.25) is 0 Å². The Hall–Kier alpha value is -1.53. The Morgan fingerprint density at radius 2 is 2.05 bits per heavy atom. The van der Waals surface area contributed by atoms with Crippen molar-refractivity contribution in [2.24, 2.45) is 5.92 Å². The third-order valence-corrected chi connectivity index (χ3v) is 3.06. The summed E-state index contributed by atoms with van der Waals surface area (Å²) in [5.41, 5.74) is 0.837. The van der Waals surface area contributed by atoms with Crippen LogP contribution in [-0.4, -0.2) is 16.5 Å². The Kier molecular flexibility index (Phi) is 5.64. The molecule has 1 aromatic heterocycles. The maximum atomic E-state index is 13.2. The predicted molar refractivity (Wildman–Crippen MR) is 82.8 cm³/mol. The van der Waals surface area contributed by atoms with Gasteiger partial charge in [-0.15, -0.1) is 0 Å². The third kappa shape index (κ3) is 5.40. The minimum absolute atomic E-state index is 0.333. The molecule has 0 aliphatic carbocycles. The largest absolute Gasteiger partial charge is 0.437 e. The van der Waals surface area contributed by atoms with E-state index in [2.05, 4.69) is 45.1 Å². The van der Waals surface area contributed by atoms with E-state index in [1.165, 1.54) is 18.3 Å². The first-order valence-electron chi connectivity index (χ1n) is 6.68. The first-order valence-corrected chi connectivity index (χ1v) is 7.48. The summed E-state index contributed by atoms with van der Waals surface area (Å²) in [5, 5.41) is 3.29. The first-order chi connectivity index (χ1) is 10.0. The maximum absolute atomic E-state index is 13.2. The summed E-state index contributed by atoms with van der Waals surface area (Å²) in [4.78, 5) is 8.43. The van der Waals surface area contributed by atoms with Crippen LogP contribution >= 0.6 is 15.9 Å². The molecule has 0 aliphatic rings. The lowest BCUT2D eigenvalue weighted by Crippen LogP contribution is -2.19. The highest BCUT2D eigenvalue weighted by atomic mass is 79.9. The molecular weight excluding hydrogens is 337 g/mol. The number of halogens is 2. The molecule has 0 unspecified atom stereocenters. The number of rotatable bonds is 6. The molecular formula is C15H17BrFN3O. The van der Waals surface area contributed by atoms with Crippen LogP contribution in [0, 0.1) is 11.7 Å². The molecule has 112 valence electrons. The van der Waals surface area contributed by atoms with Gasteiger partial charge in [-0.1, -0.05) is 29.8 Å². The third-order valence-electron chi connectivity index (χ3n) is 2.60. The van der Waals surface area contributed by atoms with E-state index in [9.17, 15) is 4.39 Å². The summed E-state index contributed by atoms with van der Waals surface area (Å²) in [6, 6.07) is 4.33. The van der Waals surface area contributed by atoms with Gasteiger partial charge in [-0.25, -0.2) is 9.37 Å². The van der Waals surface area contributed by atoms with Gasteiger partial charge in [0.2, 0.25) is 5.88 Å². The molecule has 0 amide bonds. The van der Waals surface area contributed by atoms with E-state index in [-0.39, 0.29) is 5.82 Å². The van der Waals surface area contributed by atoms with Crippen LogP contribution in [0.5, 0.6) is 11.6 Å². The van der Waals surface area contributed by atoms with Gasteiger partial charge in [-0.05, 0) is 24.6 Å². The van der Waals surface area contributed by atoms with Crippen molar-refractivity contribution in [3.8, 4) is 11.6 Å². The van der Waals surface area contributed by atoms with Crippen molar-refractivity contribution in [2.75, 3.05) is 6.54 Å². The SMILES string of the molecule is CC(C)CNCc1cnc(Oc2cc(F)cc(Br)c2)cn1. The highest BCUT2D eigenvalue weighted by molar-refractivity contribution is 9.10. The van der Waals surface area contributed by atoms with Crippen LogP contribution in [0.25, 0.3) is 0 Å². The van der Waals surface area contributed by atoms with Crippen LogP contribution in [0.15, 0.2) is 35.1 Å². The molecule has 0 spiro atoms. The summed E-state index contributed by atoms with van der Waals surface area (Å²) < 4.78 is 19.3. The summed E-state index contributed by atoms with van der Waals surface area (Å²) in [6.07, 6.45) is 3.18. The number of nitrogens with one attached hydrogen (secondary N) is 1. The van der Waals surface area contributed by atoms with E-state index >= 15 is 0 Å². The highest BCUT2D eigenvalue weighted by Gasteiger charge is 2.04. The first kappa shape index (κ1) is 15.9. The van der Waals surface area contributed by atoms with Crippen molar-refractivity contribution in [1.29, 1.82) is 0 Å². The average molecular weight is 354 g/mol. The van der Waals surface area contributed by atoms with Crippen LogP contribution in [-0.2, 0) is 6.54 Å². The van der Waals surface area contributed by atoms with Gasteiger partial charge in [0, 0.05) is 17.1 Å². The molecule has 21 heavy (non-hydrogen) atoms. The lowest BCUT2D eigenvalue weighted by Gasteiger charge is -2.08. The van der Waals surface area contributed by atoms with Crippen molar-refractivity contribution in [3.63, 3.8) is 0 Å². The molecule has 0 radical (unpaired) electrons. The minimum atomic E-state index is -0.373. The van der Waals surface area contributed by atoms with Gasteiger partial charge < -0.3 is 10.1 Å². The van der Waals surface area contributed by atoms with Crippen molar-refractivity contribution in [1.82, 2.24) is 15.3 Å². The normalized spacial score (nSPS) is 10.9. The molecule has 6 heteroatoms. The minimum Gasteiger partial charge on any atom is -0.437 e. The lowest BCUT2D eigenvalue weighted by atomic mass is 10.2. The van der Waals surface area contributed by atoms with E-state index < -0.39 is 0 Å². The van der Waals surface area contributed by atoms with E-state index in [0.717, 1.165) is 12.2 Å². The van der Waals surface area contributed by atoms with Gasteiger partial charge in [0.25, 0.3) is 0 Å². The molecule has 1 N–H and O–H groups in total. The number of hydrogen-bond acceptors (Lipinski definition) is 4. The van der Waals surface area contributed by atoms with E-state index in [4.69, 9.17) is 4.74 Å². The van der Waals surface area contributed by atoms with Crippen LogP contribution in [0.4, 0.5) is 4.39 Å². The maximum Gasteiger partial charge on any atom is 0.237 e. The standard InChI is InChI=1S/C15H17BrFN3O/c1-10(2)6-18-7-13-8-20-15(9-19-13)21-14-4-11(16)3-12(17)5-14/h3-5,8-10,18H,6-7H2,1-2H3. The molecule has 1 aromatic carbocycles. The number of benzene rings is 1. The van der Waals surface area contributed by atoms with Crippen LogP contribution < -0.4 is 10.1 Å². The molecule has 1 heterocycles. The Bertz CT molecular complexity index is 570. The second-order valence-electron chi connectivity index (χ2n) is 5.08. The fourth-order valence-electron chi connectivity index (χ4n) is 1.68. The summed E-state index contributed by atoms with van der Waals surface area (Å²) >= 11 is 3.21. The quantitative estimate of drug-likeness (QED) is 0.854. The molecule has 0 saturated carbocycles. The zero-order valence-electron chi connectivity index (χ0n) is 11.9. The molecule has 0 aliphatic heterocycles. The van der Waals surface area contributed by atoms with Gasteiger partial charge in [0.1, 0.15) is 11.6 Å². The van der Waals surface area contributed by atoms with Crippen LogP contribution in [0.1, 0.15) is 19.5 Å². The fourth-order valence-corrected chi connectivity index (χ4v) is 2.13. The fraction of sp³-hybridized carbons (Fsp3) is 0.333. The van der Waals surface area contributed by atoms with Gasteiger partial charge in [0.05, 0.1) is 18.1 Å². The predicted octanol–water partition coefficient (Wildman–Crippen LogP) is 3.92. The van der Waals surface area contributed by atoms with Crippen molar-refractivity contribution in [3.05, 3.63) is 46.6 Å².